The van der Waals surface area contributed by atoms with E-state index in [1.54, 1.807) is 30.5 Å². The minimum atomic E-state index is -0.192. The Morgan fingerprint density at radius 1 is 0.865 bits per heavy atom. The van der Waals surface area contributed by atoms with Gasteiger partial charge in [0.15, 0.2) is 0 Å². The third kappa shape index (κ3) is 7.06. The Hall–Kier alpha value is -3.94. The van der Waals surface area contributed by atoms with Crippen LogP contribution in [0.25, 0.3) is 11.3 Å². The monoisotopic (exact) mass is 515 g/mol. The van der Waals surface area contributed by atoms with Gasteiger partial charge in [0.2, 0.25) is 5.95 Å². The van der Waals surface area contributed by atoms with Crippen molar-refractivity contribution in [3.63, 3.8) is 0 Å². The number of nitrogens with zero attached hydrogens (tertiary/aromatic N) is 3. The van der Waals surface area contributed by atoms with Crippen molar-refractivity contribution in [3.8, 4) is 11.3 Å². The summed E-state index contributed by atoms with van der Waals surface area (Å²) >= 11 is 5.89. The molecule has 5 rings (SSSR count). The summed E-state index contributed by atoms with van der Waals surface area (Å²) in [5.74, 6) is 0.323. The number of morpholine rings is 1. The highest BCUT2D eigenvalue weighted by Crippen LogP contribution is 2.24. The van der Waals surface area contributed by atoms with Crippen LogP contribution in [-0.4, -0.2) is 42.2 Å². The zero-order chi connectivity index (χ0) is 26.0. The maximum atomic E-state index is 12.4. The van der Waals surface area contributed by atoms with Crippen molar-refractivity contribution in [1.29, 1.82) is 0 Å². The SMILES string of the molecule is CC.O=C(Nc1ccc(-c2ccnc(Nc3ccc(N4CCOCC4)cc3)n2)cc1)c1ccc(Cl)cc1. The van der Waals surface area contributed by atoms with Crippen LogP contribution in [0.15, 0.2) is 85.1 Å². The molecule has 0 bridgehead atoms. The average molecular weight is 516 g/mol. The van der Waals surface area contributed by atoms with E-state index in [0.29, 0.717) is 22.2 Å². The van der Waals surface area contributed by atoms with Gasteiger partial charge >= 0.3 is 0 Å². The lowest BCUT2D eigenvalue weighted by atomic mass is 10.1. The maximum Gasteiger partial charge on any atom is 0.255 e. The third-order valence-electron chi connectivity index (χ3n) is 5.70. The first kappa shape index (κ1) is 26.1. The molecule has 1 aliphatic rings. The fourth-order valence-electron chi connectivity index (χ4n) is 3.81. The molecule has 0 atom stereocenters. The molecule has 1 amide bonds. The highest BCUT2D eigenvalue weighted by Gasteiger charge is 2.11. The van der Waals surface area contributed by atoms with Gasteiger partial charge in [0.1, 0.15) is 0 Å². The Kier molecular flexibility index (Phi) is 9.08. The predicted molar refractivity (Wildman–Crippen MR) is 151 cm³/mol. The number of nitrogens with one attached hydrogen (secondary N) is 2. The molecule has 190 valence electrons. The number of amides is 1. The quantitative estimate of drug-likeness (QED) is 0.299. The molecule has 1 saturated heterocycles. The minimum absolute atomic E-state index is 0.192. The Labute approximate surface area is 222 Å². The highest BCUT2D eigenvalue weighted by molar-refractivity contribution is 6.30. The largest absolute Gasteiger partial charge is 0.378 e. The van der Waals surface area contributed by atoms with Gasteiger partial charge in [0, 0.05) is 52.5 Å². The molecule has 0 saturated carbocycles. The predicted octanol–water partition coefficient (Wildman–Crippen LogP) is 6.66. The lowest BCUT2D eigenvalue weighted by molar-refractivity contribution is 0.102. The molecule has 4 aromatic rings. The molecule has 8 heteroatoms. The average Bonchev–Trinajstić information content (AvgIpc) is 2.96. The van der Waals surface area contributed by atoms with Gasteiger partial charge in [-0.1, -0.05) is 37.6 Å². The number of hydrogen-bond donors (Lipinski definition) is 2. The molecule has 1 fully saturated rings. The van der Waals surface area contributed by atoms with Gasteiger partial charge in [-0.25, -0.2) is 9.97 Å². The van der Waals surface area contributed by atoms with Crippen LogP contribution in [0, 0.1) is 0 Å². The van der Waals surface area contributed by atoms with E-state index in [1.807, 2.05) is 56.3 Å². The highest BCUT2D eigenvalue weighted by atomic mass is 35.5. The van der Waals surface area contributed by atoms with Crippen LogP contribution in [-0.2, 0) is 4.74 Å². The van der Waals surface area contributed by atoms with E-state index in [2.05, 4.69) is 37.6 Å². The summed E-state index contributed by atoms with van der Waals surface area (Å²) in [4.78, 5) is 23.7. The molecule has 2 heterocycles. The molecule has 3 aromatic carbocycles. The standard InChI is InChI=1S/C27H24ClN5O2.C2H6/c28-21-5-1-20(2-6-21)26(34)30-22-7-3-19(4-8-22)25-13-14-29-27(32-25)31-23-9-11-24(12-10-23)33-15-17-35-18-16-33;1-2/h1-14H,15-18H2,(H,30,34)(H,29,31,32);1-2H3. The van der Waals surface area contributed by atoms with Gasteiger partial charge < -0.3 is 20.3 Å². The molecule has 37 heavy (non-hydrogen) atoms. The van der Waals surface area contributed by atoms with E-state index in [0.717, 1.165) is 43.2 Å². The molecule has 7 nitrogen and oxygen atoms in total. The van der Waals surface area contributed by atoms with E-state index in [9.17, 15) is 4.79 Å². The number of carbonyl (C=O) groups excluding carboxylic acids is 1. The second kappa shape index (κ2) is 12.9. The topological polar surface area (TPSA) is 79.4 Å². The van der Waals surface area contributed by atoms with Crippen LogP contribution >= 0.6 is 11.6 Å². The second-order valence-corrected chi connectivity index (χ2v) is 8.51. The van der Waals surface area contributed by atoms with Crippen molar-refractivity contribution in [2.45, 2.75) is 13.8 Å². The molecular weight excluding hydrogens is 486 g/mol. The fourth-order valence-corrected chi connectivity index (χ4v) is 3.94. The molecule has 2 N–H and O–H groups in total. The smallest absolute Gasteiger partial charge is 0.255 e. The van der Waals surface area contributed by atoms with Crippen LogP contribution in [0.4, 0.5) is 23.0 Å². The van der Waals surface area contributed by atoms with Gasteiger partial charge in [0.25, 0.3) is 5.91 Å². The number of carbonyl (C=O) groups is 1. The Morgan fingerprint density at radius 3 is 2.19 bits per heavy atom. The minimum Gasteiger partial charge on any atom is -0.378 e. The summed E-state index contributed by atoms with van der Waals surface area (Å²) in [6.07, 6.45) is 1.73. The van der Waals surface area contributed by atoms with Crippen LogP contribution < -0.4 is 15.5 Å². The van der Waals surface area contributed by atoms with Gasteiger partial charge in [-0.05, 0) is 66.7 Å². The van der Waals surface area contributed by atoms with Crippen LogP contribution in [0.2, 0.25) is 5.02 Å². The molecule has 1 aromatic heterocycles. The lowest BCUT2D eigenvalue weighted by Crippen LogP contribution is -2.36. The number of rotatable bonds is 6. The summed E-state index contributed by atoms with van der Waals surface area (Å²) in [7, 11) is 0. The van der Waals surface area contributed by atoms with Crippen molar-refractivity contribution in [2.24, 2.45) is 0 Å². The number of ether oxygens (including phenoxy) is 1. The van der Waals surface area contributed by atoms with Gasteiger partial charge in [0.05, 0.1) is 18.9 Å². The van der Waals surface area contributed by atoms with Crippen molar-refractivity contribution in [3.05, 3.63) is 95.6 Å². The zero-order valence-corrected chi connectivity index (χ0v) is 21.7. The molecule has 0 aliphatic carbocycles. The number of halogens is 1. The van der Waals surface area contributed by atoms with Crippen molar-refractivity contribution in [1.82, 2.24) is 9.97 Å². The van der Waals surface area contributed by atoms with E-state index in [1.165, 1.54) is 5.69 Å². The number of aromatic nitrogens is 2. The molecular formula is C29H30ClN5O2. The van der Waals surface area contributed by atoms with E-state index in [4.69, 9.17) is 16.3 Å². The first-order valence-electron chi connectivity index (χ1n) is 12.3. The summed E-state index contributed by atoms with van der Waals surface area (Å²) in [5, 5.41) is 6.76. The lowest BCUT2D eigenvalue weighted by Gasteiger charge is -2.28. The molecule has 0 radical (unpaired) electrons. The number of anilines is 4. The van der Waals surface area contributed by atoms with E-state index in [-0.39, 0.29) is 5.91 Å². The van der Waals surface area contributed by atoms with Gasteiger partial charge in [-0.15, -0.1) is 0 Å². The fraction of sp³-hybridized carbons (Fsp3) is 0.207. The Bertz CT molecular complexity index is 1290. The molecule has 0 unspecified atom stereocenters. The molecule has 0 spiro atoms. The number of benzene rings is 3. The summed E-state index contributed by atoms with van der Waals surface area (Å²) in [6.45, 7) is 7.33. The molecule has 1 aliphatic heterocycles. The first-order valence-corrected chi connectivity index (χ1v) is 12.7. The summed E-state index contributed by atoms with van der Waals surface area (Å²) < 4.78 is 5.42. The second-order valence-electron chi connectivity index (χ2n) is 8.08. The normalized spacial score (nSPS) is 12.8. The van der Waals surface area contributed by atoms with Crippen LogP contribution in [0.5, 0.6) is 0 Å². The summed E-state index contributed by atoms with van der Waals surface area (Å²) in [5.41, 5.74) is 5.03. The van der Waals surface area contributed by atoms with Crippen molar-refractivity contribution in [2.75, 3.05) is 41.8 Å². The Balaban J connectivity index is 0.00000156. The van der Waals surface area contributed by atoms with Crippen LogP contribution in [0.1, 0.15) is 24.2 Å². The Morgan fingerprint density at radius 2 is 1.51 bits per heavy atom. The van der Waals surface area contributed by atoms with E-state index >= 15 is 0 Å². The first-order chi connectivity index (χ1) is 18.1. The zero-order valence-electron chi connectivity index (χ0n) is 20.9. The third-order valence-corrected chi connectivity index (χ3v) is 5.95. The van der Waals surface area contributed by atoms with Crippen molar-refractivity contribution >= 4 is 40.5 Å². The van der Waals surface area contributed by atoms with Crippen molar-refractivity contribution < 1.29 is 9.53 Å². The van der Waals surface area contributed by atoms with Gasteiger partial charge in [-0.2, -0.15) is 0 Å². The van der Waals surface area contributed by atoms with Crippen LogP contribution in [0.3, 0.4) is 0 Å². The summed E-state index contributed by atoms with van der Waals surface area (Å²) in [6, 6.07) is 24.4. The maximum absolute atomic E-state index is 12.4. The van der Waals surface area contributed by atoms with E-state index < -0.39 is 0 Å². The van der Waals surface area contributed by atoms with Gasteiger partial charge in [-0.3, -0.25) is 4.79 Å². The number of hydrogen-bond acceptors (Lipinski definition) is 6.